The number of hydrogen-bond donors (Lipinski definition) is 1. The highest BCUT2D eigenvalue weighted by Crippen LogP contribution is 2.22. The minimum absolute atomic E-state index is 0.732. The van der Waals surface area contributed by atoms with Crippen molar-refractivity contribution >= 4 is 16.5 Å². The van der Waals surface area contributed by atoms with Gasteiger partial charge in [-0.1, -0.05) is 0 Å². The molecule has 19 heavy (non-hydrogen) atoms. The number of nitrogens with zero attached hydrogens (tertiary/aromatic N) is 4. The van der Waals surface area contributed by atoms with Crippen molar-refractivity contribution in [3.05, 3.63) is 29.3 Å². The Bertz CT molecular complexity index is 543. The summed E-state index contributed by atoms with van der Waals surface area (Å²) in [7, 11) is 4.08. The summed E-state index contributed by atoms with van der Waals surface area (Å²) in [4.78, 5) is 11.2. The number of thiazole rings is 1. The molecular formula is C13H19N5S. The number of rotatable bonds is 6. The van der Waals surface area contributed by atoms with Gasteiger partial charge in [-0.15, -0.1) is 11.3 Å². The van der Waals surface area contributed by atoms with Crippen molar-refractivity contribution in [1.82, 2.24) is 19.9 Å². The SMILES string of the molecule is CN(Cc1nccn1C)c1nc(CNC2CC2)cs1. The lowest BCUT2D eigenvalue weighted by Gasteiger charge is -2.15. The van der Waals surface area contributed by atoms with E-state index in [2.05, 4.69) is 32.6 Å². The van der Waals surface area contributed by atoms with Crippen LogP contribution in [0.4, 0.5) is 5.13 Å². The van der Waals surface area contributed by atoms with Crippen LogP contribution in [0.3, 0.4) is 0 Å². The quantitative estimate of drug-likeness (QED) is 0.874. The molecule has 1 saturated carbocycles. The predicted molar refractivity (Wildman–Crippen MR) is 77.3 cm³/mol. The molecule has 1 aliphatic rings. The molecule has 1 aliphatic carbocycles. The third kappa shape index (κ3) is 3.13. The van der Waals surface area contributed by atoms with Crippen molar-refractivity contribution in [2.24, 2.45) is 7.05 Å². The van der Waals surface area contributed by atoms with Crippen LogP contribution in [0.25, 0.3) is 0 Å². The molecule has 1 fully saturated rings. The lowest BCUT2D eigenvalue weighted by molar-refractivity contribution is 0.676. The summed E-state index contributed by atoms with van der Waals surface area (Å²) in [5.74, 6) is 1.05. The molecule has 0 saturated heterocycles. The van der Waals surface area contributed by atoms with Crippen LogP contribution in [0.5, 0.6) is 0 Å². The van der Waals surface area contributed by atoms with Crippen LogP contribution >= 0.6 is 11.3 Å². The van der Waals surface area contributed by atoms with Gasteiger partial charge in [0.15, 0.2) is 5.13 Å². The first-order chi connectivity index (χ1) is 9.22. The maximum atomic E-state index is 4.67. The fourth-order valence-electron chi connectivity index (χ4n) is 1.92. The first-order valence-corrected chi connectivity index (χ1v) is 7.45. The molecule has 0 spiro atoms. The maximum absolute atomic E-state index is 4.67. The largest absolute Gasteiger partial charge is 0.344 e. The van der Waals surface area contributed by atoms with E-state index >= 15 is 0 Å². The van der Waals surface area contributed by atoms with Crippen LogP contribution in [0.15, 0.2) is 17.8 Å². The van der Waals surface area contributed by atoms with Gasteiger partial charge >= 0.3 is 0 Å². The summed E-state index contributed by atoms with van der Waals surface area (Å²) in [6.07, 6.45) is 6.43. The Labute approximate surface area is 117 Å². The topological polar surface area (TPSA) is 46.0 Å². The van der Waals surface area contributed by atoms with E-state index in [4.69, 9.17) is 0 Å². The number of aryl methyl sites for hydroxylation is 1. The molecule has 2 heterocycles. The minimum Gasteiger partial charge on any atom is -0.344 e. The van der Waals surface area contributed by atoms with Crippen LogP contribution in [-0.2, 0) is 20.1 Å². The smallest absolute Gasteiger partial charge is 0.185 e. The minimum atomic E-state index is 0.732. The molecule has 0 atom stereocenters. The molecule has 3 rings (SSSR count). The molecule has 0 aliphatic heterocycles. The third-order valence-electron chi connectivity index (χ3n) is 3.31. The second kappa shape index (κ2) is 5.30. The van der Waals surface area contributed by atoms with E-state index in [1.54, 1.807) is 11.3 Å². The molecular weight excluding hydrogens is 258 g/mol. The normalized spacial score (nSPS) is 14.8. The summed E-state index contributed by atoms with van der Waals surface area (Å²) < 4.78 is 2.04. The molecule has 5 nitrogen and oxygen atoms in total. The van der Waals surface area contributed by atoms with Crippen LogP contribution in [0.2, 0.25) is 0 Å². The zero-order valence-electron chi connectivity index (χ0n) is 11.3. The summed E-state index contributed by atoms with van der Waals surface area (Å²) in [5, 5.41) is 6.68. The molecule has 6 heteroatoms. The molecule has 0 unspecified atom stereocenters. The van der Waals surface area contributed by atoms with Crippen molar-refractivity contribution in [3.8, 4) is 0 Å². The molecule has 0 aromatic carbocycles. The van der Waals surface area contributed by atoms with E-state index in [0.717, 1.165) is 35.8 Å². The van der Waals surface area contributed by atoms with Crippen molar-refractivity contribution in [3.63, 3.8) is 0 Å². The van der Waals surface area contributed by atoms with Gasteiger partial charge in [0.2, 0.25) is 0 Å². The molecule has 102 valence electrons. The second-order valence-electron chi connectivity index (χ2n) is 5.09. The lowest BCUT2D eigenvalue weighted by Crippen LogP contribution is -2.19. The Morgan fingerprint density at radius 1 is 1.53 bits per heavy atom. The van der Waals surface area contributed by atoms with E-state index in [1.807, 2.05) is 24.0 Å². The van der Waals surface area contributed by atoms with Gasteiger partial charge in [-0.25, -0.2) is 9.97 Å². The van der Waals surface area contributed by atoms with Crippen LogP contribution < -0.4 is 10.2 Å². The van der Waals surface area contributed by atoms with Crippen molar-refractivity contribution < 1.29 is 0 Å². The molecule has 0 radical (unpaired) electrons. The van der Waals surface area contributed by atoms with Gasteiger partial charge < -0.3 is 14.8 Å². The van der Waals surface area contributed by atoms with Gasteiger partial charge in [-0.2, -0.15) is 0 Å². The second-order valence-corrected chi connectivity index (χ2v) is 5.92. The monoisotopic (exact) mass is 277 g/mol. The van der Waals surface area contributed by atoms with Gasteiger partial charge in [0.05, 0.1) is 12.2 Å². The number of nitrogens with one attached hydrogen (secondary N) is 1. The van der Waals surface area contributed by atoms with Gasteiger partial charge in [0.1, 0.15) is 5.82 Å². The number of hydrogen-bond acceptors (Lipinski definition) is 5. The van der Waals surface area contributed by atoms with E-state index in [0.29, 0.717) is 0 Å². The van der Waals surface area contributed by atoms with E-state index in [-0.39, 0.29) is 0 Å². The zero-order chi connectivity index (χ0) is 13.2. The molecule has 0 bridgehead atoms. The van der Waals surface area contributed by atoms with Gasteiger partial charge in [-0.05, 0) is 12.8 Å². The highest BCUT2D eigenvalue weighted by molar-refractivity contribution is 7.13. The standard InChI is InChI=1S/C13H19N5S/c1-17-6-5-14-12(17)8-18(2)13-16-11(9-19-13)7-15-10-3-4-10/h5-6,9-10,15H,3-4,7-8H2,1-2H3. The van der Waals surface area contributed by atoms with Gasteiger partial charge in [0.25, 0.3) is 0 Å². The van der Waals surface area contributed by atoms with Crippen LogP contribution in [0, 0.1) is 0 Å². The van der Waals surface area contributed by atoms with Crippen molar-refractivity contribution in [1.29, 1.82) is 0 Å². The Balaban J connectivity index is 1.59. The molecule has 0 amide bonds. The number of aromatic nitrogens is 3. The maximum Gasteiger partial charge on any atom is 0.185 e. The van der Waals surface area contributed by atoms with Gasteiger partial charge in [-0.3, -0.25) is 0 Å². The van der Waals surface area contributed by atoms with E-state index in [9.17, 15) is 0 Å². The summed E-state index contributed by atoms with van der Waals surface area (Å²) in [6, 6.07) is 0.732. The first kappa shape index (κ1) is 12.6. The van der Waals surface area contributed by atoms with Crippen molar-refractivity contribution in [2.75, 3.05) is 11.9 Å². The van der Waals surface area contributed by atoms with Gasteiger partial charge in [0, 0.05) is 44.5 Å². The summed E-state index contributed by atoms with van der Waals surface area (Å²) in [5.41, 5.74) is 1.14. The zero-order valence-corrected chi connectivity index (χ0v) is 12.2. The fraction of sp³-hybridized carbons (Fsp3) is 0.538. The highest BCUT2D eigenvalue weighted by atomic mass is 32.1. The Kier molecular flexibility index (Phi) is 3.52. The first-order valence-electron chi connectivity index (χ1n) is 6.57. The van der Waals surface area contributed by atoms with E-state index in [1.165, 1.54) is 12.8 Å². The summed E-state index contributed by atoms with van der Waals surface area (Å²) >= 11 is 1.70. The molecule has 2 aromatic heterocycles. The average Bonchev–Trinajstić information content (AvgIpc) is 2.96. The molecule has 1 N–H and O–H groups in total. The lowest BCUT2D eigenvalue weighted by atomic mass is 10.5. The highest BCUT2D eigenvalue weighted by Gasteiger charge is 2.20. The molecule has 2 aromatic rings. The predicted octanol–water partition coefficient (Wildman–Crippen LogP) is 1.76. The Morgan fingerprint density at radius 3 is 3.05 bits per heavy atom. The Morgan fingerprint density at radius 2 is 2.37 bits per heavy atom. The van der Waals surface area contributed by atoms with Crippen LogP contribution in [-0.4, -0.2) is 27.6 Å². The average molecular weight is 277 g/mol. The summed E-state index contributed by atoms with van der Waals surface area (Å²) in [6.45, 7) is 1.67. The third-order valence-corrected chi connectivity index (χ3v) is 4.32. The van der Waals surface area contributed by atoms with E-state index < -0.39 is 0 Å². The number of imidazole rings is 1. The Hall–Kier alpha value is -1.40. The van der Waals surface area contributed by atoms with Crippen molar-refractivity contribution in [2.45, 2.75) is 32.0 Å². The number of anilines is 1. The fourth-order valence-corrected chi connectivity index (χ4v) is 2.71. The van der Waals surface area contributed by atoms with Crippen LogP contribution in [0.1, 0.15) is 24.4 Å².